The lowest BCUT2D eigenvalue weighted by Crippen LogP contribution is -2.17. The first kappa shape index (κ1) is 19.8. The summed E-state index contributed by atoms with van der Waals surface area (Å²) in [6.07, 6.45) is 3.82. The van der Waals surface area contributed by atoms with Crippen LogP contribution in [0.15, 0.2) is 30.2 Å². The van der Waals surface area contributed by atoms with E-state index < -0.39 is 0 Å². The number of benzene rings is 1. The highest BCUT2D eigenvalue weighted by atomic mass is 35.5. The number of rotatable bonds is 7. The third-order valence-electron chi connectivity index (χ3n) is 4.24. The first-order valence-electron chi connectivity index (χ1n) is 8.86. The molecule has 0 saturated carbocycles. The van der Waals surface area contributed by atoms with Crippen LogP contribution in [0.3, 0.4) is 0 Å². The molecule has 2 aromatic rings. The zero-order chi connectivity index (χ0) is 20.3. The van der Waals surface area contributed by atoms with Gasteiger partial charge >= 0.3 is 0 Å². The number of ether oxygens (including phenoxy) is 1. The molecule has 1 heterocycles. The number of halogens is 1. The summed E-state index contributed by atoms with van der Waals surface area (Å²) >= 11 is 6.21. The topological polar surface area (TPSA) is 84.4 Å². The number of carbonyl (C=O) groups excluding carboxylic acids is 2. The summed E-state index contributed by atoms with van der Waals surface area (Å²) in [5.41, 5.74) is 2.51. The van der Waals surface area contributed by atoms with Gasteiger partial charge in [-0.05, 0) is 29.3 Å². The molecule has 0 bridgehead atoms. The minimum Gasteiger partial charge on any atom is -0.482 e. The molecule has 0 atom stereocenters. The number of ketones is 2. The molecular weight excluding hydrogens is 380 g/mol. The van der Waals surface area contributed by atoms with Crippen LogP contribution in [-0.2, 0) is 20.7 Å². The van der Waals surface area contributed by atoms with E-state index in [0.717, 1.165) is 16.8 Å². The van der Waals surface area contributed by atoms with Gasteiger partial charge in [0.25, 0.3) is 0 Å². The summed E-state index contributed by atoms with van der Waals surface area (Å²) in [5, 5.41) is 3.58. The van der Waals surface area contributed by atoms with Crippen LogP contribution >= 0.6 is 11.6 Å². The lowest BCUT2D eigenvalue weighted by atomic mass is 9.95. The lowest BCUT2D eigenvalue weighted by Gasteiger charge is -2.18. The second kappa shape index (κ2) is 8.39. The van der Waals surface area contributed by atoms with Crippen molar-refractivity contribution in [1.82, 2.24) is 9.97 Å². The van der Waals surface area contributed by atoms with Crippen molar-refractivity contribution in [1.29, 1.82) is 0 Å². The highest BCUT2D eigenvalue weighted by Crippen LogP contribution is 2.29. The Morgan fingerprint density at radius 1 is 1.36 bits per heavy atom. The normalized spacial score (nSPS) is 12.9. The molecule has 28 heavy (non-hydrogen) atoms. The molecule has 146 valence electrons. The standard InChI is InChI=1S/C20H21ClN4O3/c1-4-15(26)11-28-18-9-13-7-14(6-5-12(13)8-17(18)27)23-19-16(21)10-22-20(24-19)25(2)3/h5-7,9-10H,4,8,11H2,1-3H3,(H,22,23,24). The van der Waals surface area contributed by atoms with Gasteiger partial charge in [-0.3, -0.25) is 9.59 Å². The van der Waals surface area contributed by atoms with Crippen LogP contribution in [0.1, 0.15) is 24.5 Å². The van der Waals surface area contributed by atoms with Gasteiger partial charge in [0.2, 0.25) is 11.7 Å². The monoisotopic (exact) mass is 400 g/mol. The number of allylic oxidation sites excluding steroid dienone is 1. The first-order valence-corrected chi connectivity index (χ1v) is 9.24. The molecule has 0 radical (unpaired) electrons. The van der Waals surface area contributed by atoms with Gasteiger partial charge in [0, 0.05) is 32.6 Å². The van der Waals surface area contributed by atoms with Gasteiger partial charge in [-0.1, -0.05) is 24.6 Å². The van der Waals surface area contributed by atoms with E-state index >= 15 is 0 Å². The van der Waals surface area contributed by atoms with Crippen molar-refractivity contribution < 1.29 is 14.3 Å². The van der Waals surface area contributed by atoms with E-state index in [9.17, 15) is 9.59 Å². The molecule has 0 saturated heterocycles. The van der Waals surface area contributed by atoms with E-state index in [0.29, 0.717) is 23.2 Å². The van der Waals surface area contributed by atoms with Gasteiger partial charge in [-0.25, -0.2) is 4.98 Å². The number of nitrogens with one attached hydrogen (secondary N) is 1. The number of carbonyl (C=O) groups is 2. The van der Waals surface area contributed by atoms with E-state index in [2.05, 4.69) is 15.3 Å². The predicted molar refractivity (Wildman–Crippen MR) is 109 cm³/mol. The number of aromatic nitrogens is 2. The summed E-state index contributed by atoms with van der Waals surface area (Å²) in [6.45, 7) is 1.67. The molecule has 1 aromatic heterocycles. The van der Waals surface area contributed by atoms with Crippen LogP contribution < -0.4 is 10.2 Å². The van der Waals surface area contributed by atoms with Crippen LogP contribution in [0.25, 0.3) is 6.08 Å². The van der Waals surface area contributed by atoms with Gasteiger partial charge in [0.15, 0.2) is 17.4 Å². The Balaban J connectivity index is 1.84. The van der Waals surface area contributed by atoms with Gasteiger partial charge in [-0.15, -0.1) is 0 Å². The number of nitrogens with zero attached hydrogens (tertiary/aromatic N) is 3. The highest BCUT2D eigenvalue weighted by molar-refractivity contribution is 6.32. The summed E-state index contributed by atoms with van der Waals surface area (Å²) in [7, 11) is 3.69. The molecule has 1 aromatic carbocycles. The molecule has 8 heteroatoms. The second-order valence-corrected chi connectivity index (χ2v) is 7.00. The van der Waals surface area contributed by atoms with E-state index in [1.807, 2.05) is 32.3 Å². The van der Waals surface area contributed by atoms with Gasteiger partial charge < -0.3 is 15.0 Å². The van der Waals surface area contributed by atoms with Crippen LogP contribution in [0.2, 0.25) is 5.02 Å². The zero-order valence-electron chi connectivity index (χ0n) is 16.0. The van der Waals surface area contributed by atoms with Crippen molar-refractivity contribution in [2.45, 2.75) is 19.8 Å². The molecule has 0 fully saturated rings. The van der Waals surface area contributed by atoms with Crippen molar-refractivity contribution in [3.63, 3.8) is 0 Å². The number of Topliss-reactive ketones (excluding diaryl/α,β-unsaturated/α-hetero) is 2. The molecule has 1 aliphatic carbocycles. The fraction of sp³-hybridized carbons (Fsp3) is 0.300. The summed E-state index contributed by atoms with van der Waals surface area (Å²) in [4.78, 5) is 34.0. The van der Waals surface area contributed by atoms with Crippen molar-refractivity contribution in [2.75, 3.05) is 30.9 Å². The zero-order valence-corrected chi connectivity index (χ0v) is 16.7. The smallest absolute Gasteiger partial charge is 0.226 e. The third-order valence-corrected chi connectivity index (χ3v) is 4.51. The molecule has 0 spiro atoms. The molecular formula is C20H21ClN4O3. The Bertz CT molecular complexity index is 956. The molecule has 0 amide bonds. The largest absolute Gasteiger partial charge is 0.482 e. The maximum atomic E-state index is 12.2. The predicted octanol–water partition coefficient (Wildman–Crippen LogP) is 3.40. The number of hydrogen-bond acceptors (Lipinski definition) is 7. The van der Waals surface area contributed by atoms with Crippen LogP contribution in [0.4, 0.5) is 17.5 Å². The van der Waals surface area contributed by atoms with E-state index in [4.69, 9.17) is 16.3 Å². The average molecular weight is 401 g/mol. The Hall–Kier alpha value is -2.93. The maximum Gasteiger partial charge on any atom is 0.226 e. The Kier molecular flexibility index (Phi) is 5.94. The molecule has 1 N–H and O–H groups in total. The summed E-state index contributed by atoms with van der Waals surface area (Å²) in [5.74, 6) is 1.05. The van der Waals surface area contributed by atoms with Crippen molar-refractivity contribution in [3.05, 3.63) is 46.3 Å². The van der Waals surface area contributed by atoms with Gasteiger partial charge in [0.05, 0.1) is 6.20 Å². The Morgan fingerprint density at radius 3 is 2.86 bits per heavy atom. The van der Waals surface area contributed by atoms with Crippen LogP contribution in [0.5, 0.6) is 0 Å². The SMILES string of the molecule is CCC(=O)COC1=Cc2cc(Nc3nc(N(C)C)ncc3Cl)ccc2CC1=O. The third kappa shape index (κ3) is 4.48. The quantitative estimate of drug-likeness (QED) is 0.762. The minimum absolute atomic E-state index is 0.0509. The first-order chi connectivity index (χ1) is 13.4. The van der Waals surface area contributed by atoms with E-state index in [1.54, 1.807) is 24.1 Å². The second-order valence-electron chi connectivity index (χ2n) is 6.59. The average Bonchev–Trinajstić information content (AvgIpc) is 2.67. The Morgan fingerprint density at radius 2 is 2.14 bits per heavy atom. The fourth-order valence-corrected chi connectivity index (χ4v) is 2.77. The highest BCUT2D eigenvalue weighted by Gasteiger charge is 2.21. The van der Waals surface area contributed by atoms with Gasteiger partial charge in [0.1, 0.15) is 11.6 Å². The molecule has 0 unspecified atom stereocenters. The number of hydrogen-bond donors (Lipinski definition) is 1. The minimum atomic E-state index is -0.133. The molecule has 7 nitrogen and oxygen atoms in total. The molecule has 3 rings (SSSR count). The molecule has 0 aliphatic heterocycles. The summed E-state index contributed by atoms with van der Waals surface area (Å²) < 4.78 is 5.42. The fourth-order valence-electron chi connectivity index (χ4n) is 2.63. The lowest BCUT2D eigenvalue weighted by molar-refractivity contribution is -0.124. The van der Waals surface area contributed by atoms with E-state index in [-0.39, 0.29) is 30.4 Å². The maximum absolute atomic E-state index is 12.2. The van der Waals surface area contributed by atoms with Crippen LogP contribution in [0, 0.1) is 0 Å². The number of anilines is 3. The Labute approximate surface area is 168 Å². The van der Waals surface area contributed by atoms with Crippen molar-refractivity contribution >= 4 is 46.7 Å². The van der Waals surface area contributed by atoms with Crippen LogP contribution in [-0.4, -0.2) is 42.2 Å². The summed E-state index contributed by atoms with van der Waals surface area (Å²) in [6, 6.07) is 5.63. The molecule has 1 aliphatic rings. The van der Waals surface area contributed by atoms with Gasteiger partial charge in [-0.2, -0.15) is 4.98 Å². The van der Waals surface area contributed by atoms with Crippen molar-refractivity contribution in [3.8, 4) is 0 Å². The van der Waals surface area contributed by atoms with Crippen molar-refractivity contribution in [2.24, 2.45) is 0 Å². The number of fused-ring (bicyclic) bond motifs is 1. The van der Waals surface area contributed by atoms with E-state index in [1.165, 1.54) is 0 Å².